The molecule has 3 heteroatoms. The van der Waals surface area contributed by atoms with E-state index in [4.69, 9.17) is 5.73 Å². The molecule has 15 heavy (non-hydrogen) atoms. The number of aryl methyl sites for hydroxylation is 1. The molecule has 0 aromatic heterocycles. The average molecular weight is 203 g/mol. The van der Waals surface area contributed by atoms with E-state index in [2.05, 4.69) is 18.3 Å². The minimum atomic E-state index is -0.355. The van der Waals surface area contributed by atoms with Crippen molar-refractivity contribution in [2.24, 2.45) is 5.73 Å². The summed E-state index contributed by atoms with van der Waals surface area (Å²) in [6.45, 7) is 2.07. The molecule has 1 heterocycles. The van der Waals surface area contributed by atoms with Crippen molar-refractivity contribution in [2.75, 3.05) is 0 Å². The summed E-state index contributed by atoms with van der Waals surface area (Å²) in [5.74, 6) is -0.309. The van der Waals surface area contributed by atoms with Gasteiger partial charge in [-0.1, -0.05) is 18.2 Å². The Bertz CT molecular complexity index is 376. The lowest BCUT2D eigenvalue weighted by molar-refractivity contribution is -0.120. The van der Waals surface area contributed by atoms with Crippen LogP contribution in [-0.2, 0) is 11.2 Å². The first-order valence-corrected chi connectivity index (χ1v) is 5.22. The third-order valence-corrected chi connectivity index (χ3v) is 2.88. The van der Waals surface area contributed by atoms with Gasteiger partial charge in [0.2, 0.25) is 5.91 Å². The zero-order valence-electron chi connectivity index (χ0n) is 8.79. The van der Waals surface area contributed by atoms with Crippen LogP contribution >= 0.6 is 0 Å². The zero-order chi connectivity index (χ0) is 10.8. The standard InChI is InChI=1S/C12H15N2O/c1-8-6-7-9-4-2-3-5-10(9)11(14-8)12(13)15/h3-5,8,11,14H,6-7H2,1H3,(H2,13,15). The highest BCUT2D eigenvalue weighted by molar-refractivity contribution is 5.82. The number of carbonyl (C=O) groups excluding carboxylic acids is 1. The third kappa shape index (κ3) is 2.02. The number of nitrogens with one attached hydrogen (secondary N) is 1. The molecule has 1 aromatic carbocycles. The van der Waals surface area contributed by atoms with Crippen LogP contribution in [0.5, 0.6) is 0 Å². The van der Waals surface area contributed by atoms with Gasteiger partial charge in [0.15, 0.2) is 0 Å². The maximum absolute atomic E-state index is 11.4. The van der Waals surface area contributed by atoms with Crippen molar-refractivity contribution in [1.82, 2.24) is 5.32 Å². The summed E-state index contributed by atoms with van der Waals surface area (Å²) in [6.07, 6.45) is 2.00. The molecule has 79 valence electrons. The highest BCUT2D eigenvalue weighted by Crippen LogP contribution is 2.23. The number of nitrogens with two attached hydrogens (primary N) is 1. The number of hydrogen-bond acceptors (Lipinski definition) is 2. The van der Waals surface area contributed by atoms with Gasteiger partial charge in [-0.25, -0.2) is 0 Å². The van der Waals surface area contributed by atoms with Crippen molar-refractivity contribution < 1.29 is 4.79 Å². The number of fused-ring (bicyclic) bond motifs is 1. The molecule has 0 saturated carbocycles. The molecule has 0 spiro atoms. The Morgan fingerprint density at radius 2 is 2.47 bits per heavy atom. The fourth-order valence-electron chi connectivity index (χ4n) is 2.04. The molecule has 1 aliphatic rings. The van der Waals surface area contributed by atoms with Crippen molar-refractivity contribution in [1.29, 1.82) is 0 Å². The second-order valence-electron chi connectivity index (χ2n) is 4.07. The van der Waals surface area contributed by atoms with E-state index in [1.807, 2.05) is 18.2 Å². The van der Waals surface area contributed by atoms with Gasteiger partial charge in [-0.15, -0.1) is 0 Å². The molecule has 0 fully saturated rings. The largest absolute Gasteiger partial charge is 0.368 e. The molecule has 3 N–H and O–H groups in total. The van der Waals surface area contributed by atoms with E-state index in [9.17, 15) is 4.79 Å². The van der Waals surface area contributed by atoms with Crippen molar-refractivity contribution in [3.63, 3.8) is 0 Å². The highest BCUT2D eigenvalue weighted by atomic mass is 16.1. The highest BCUT2D eigenvalue weighted by Gasteiger charge is 2.24. The topological polar surface area (TPSA) is 55.1 Å². The predicted octanol–water partition coefficient (Wildman–Crippen LogP) is 0.937. The molecule has 0 aliphatic carbocycles. The molecule has 2 unspecified atom stereocenters. The fraction of sp³-hybridized carbons (Fsp3) is 0.417. The van der Waals surface area contributed by atoms with E-state index >= 15 is 0 Å². The maximum Gasteiger partial charge on any atom is 0.239 e. The first kappa shape index (κ1) is 10.2. The Balaban J connectivity index is 2.41. The Morgan fingerprint density at radius 1 is 1.67 bits per heavy atom. The number of benzene rings is 1. The molecule has 3 nitrogen and oxygen atoms in total. The Morgan fingerprint density at radius 3 is 3.20 bits per heavy atom. The Labute approximate surface area is 89.7 Å². The second-order valence-corrected chi connectivity index (χ2v) is 4.07. The molecule has 1 aromatic rings. The summed E-state index contributed by atoms with van der Waals surface area (Å²) in [6, 6.07) is 8.70. The molecular weight excluding hydrogens is 188 g/mol. The first-order chi connectivity index (χ1) is 7.18. The van der Waals surface area contributed by atoms with Crippen molar-refractivity contribution in [3.05, 3.63) is 35.4 Å². The van der Waals surface area contributed by atoms with Gasteiger partial charge in [0.1, 0.15) is 6.04 Å². The van der Waals surface area contributed by atoms with Crippen LogP contribution in [0, 0.1) is 6.07 Å². The van der Waals surface area contributed by atoms with Gasteiger partial charge < -0.3 is 5.73 Å². The summed E-state index contributed by atoms with van der Waals surface area (Å²) in [5.41, 5.74) is 7.59. The molecule has 0 saturated heterocycles. The number of primary amides is 1. The molecule has 0 bridgehead atoms. The number of carbonyl (C=O) groups is 1. The van der Waals surface area contributed by atoms with Gasteiger partial charge in [0, 0.05) is 6.04 Å². The normalized spacial score (nSPS) is 25.4. The van der Waals surface area contributed by atoms with Crippen LogP contribution in [0.1, 0.15) is 30.5 Å². The van der Waals surface area contributed by atoms with Crippen LogP contribution in [0.25, 0.3) is 0 Å². The van der Waals surface area contributed by atoms with Crippen molar-refractivity contribution in [3.8, 4) is 0 Å². The molecule has 1 radical (unpaired) electrons. The van der Waals surface area contributed by atoms with Crippen LogP contribution in [0.15, 0.2) is 18.2 Å². The predicted molar refractivity (Wildman–Crippen MR) is 58.1 cm³/mol. The monoisotopic (exact) mass is 203 g/mol. The summed E-state index contributed by atoms with van der Waals surface area (Å²) < 4.78 is 0. The van der Waals surface area contributed by atoms with Crippen molar-refractivity contribution in [2.45, 2.75) is 31.8 Å². The summed E-state index contributed by atoms with van der Waals surface area (Å²) >= 11 is 0. The van der Waals surface area contributed by atoms with Crippen LogP contribution in [0.3, 0.4) is 0 Å². The second kappa shape index (κ2) is 4.03. The van der Waals surface area contributed by atoms with E-state index in [0.29, 0.717) is 6.04 Å². The third-order valence-electron chi connectivity index (χ3n) is 2.88. The van der Waals surface area contributed by atoms with Gasteiger partial charge in [0.25, 0.3) is 0 Å². The van der Waals surface area contributed by atoms with Gasteiger partial charge in [-0.3, -0.25) is 10.1 Å². The Hall–Kier alpha value is -1.35. The smallest absolute Gasteiger partial charge is 0.239 e. The Kier molecular flexibility index (Phi) is 2.73. The van der Waals surface area contributed by atoms with Gasteiger partial charge >= 0.3 is 0 Å². The molecule has 2 rings (SSSR count). The van der Waals surface area contributed by atoms with Crippen LogP contribution in [0.4, 0.5) is 0 Å². The van der Waals surface area contributed by atoms with Crippen LogP contribution in [-0.4, -0.2) is 11.9 Å². The van der Waals surface area contributed by atoms with Gasteiger partial charge in [-0.05, 0) is 37.0 Å². The summed E-state index contributed by atoms with van der Waals surface area (Å²) in [5, 5.41) is 3.25. The maximum atomic E-state index is 11.4. The number of rotatable bonds is 1. The summed E-state index contributed by atoms with van der Waals surface area (Å²) in [7, 11) is 0. The van der Waals surface area contributed by atoms with Crippen molar-refractivity contribution >= 4 is 5.91 Å². The van der Waals surface area contributed by atoms with E-state index in [0.717, 1.165) is 18.4 Å². The fourth-order valence-corrected chi connectivity index (χ4v) is 2.04. The van der Waals surface area contributed by atoms with Crippen LogP contribution < -0.4 is 11.1 Å². The lowest BCUT2D eigenvalue weighted by atomic mass is 9.99. The number of hydrogen-bond donors (Lipinski definition) is 2. The lowest BCUT2D eigenvalue weighted by Crippen LogP contribution is -2.37. The first-order valence-electron chi connectivity index (χ1n) is 5.22. The molecule has 2 atom stereocenters. The van der Waals surface area contributed by atoms with E-state index < -0.39 is 0 Å². The minimum Gasteiger partial charge on any atom is -0.368 e. The van der Waals surface area contributed by atoms with Crippen LogP contribution in [0.2, 0.25) is 0 Å². The molecule has 1 amide bonds. The average Bonchev–Trinajstić information content (AvgIpc) is 2.39. The van der Waals surface area contributed by atoms with E-state index in [1.54, 1.807) is 0 Å². The number of amides is 1. The van der Waals surface area contributed by atoms with Gasteiger partial charge in [0.05, 0.1) is 0 Å². The lowest BCUT2D eigenvalue weighted by Gasteiger charge is -2.18. The molecular formula is C12H15N2O. The van der Waals surface area contributed by atoms with E-state index in [-0.39, 0.29) is 11.9 Å². The SMILES string of the molecule is CC1CCc2c[c]ccc2C(C(N)=O)N1. The van der Waals surface area contributed by atoms with E-state index in [1.165, 1.54) is 5.56 Å². The molecule has 1 aliphatic heterocycles. The quantitative estimate of drug-likeness (QED) is 0.713. The zero-order valence-corrected chi connectivity index (χ0v) is 8.79. The summed E-state index contributed by atoms with van der Waals surface area (Å²) in [4.78, 5) is 11.4. The van der Waals surface area contributed by atoms with Gasteiger partial charge in [-0.2, -0.15) is 0 Å². The minimum absolute atomic E-state index is 0.309.